The van der Waals surface area contributed by atoms with E-state index in [4.69, 9.17) is 4.74 Å². The molecule has 2 saturated heterocycles. The minimum atomic E-state index is -4.82. The van der Waals surface area contributed by atoms with Gasteiger partial charge in [0, 0.05) is 5.56 Å². The number of hydrogen-bond acceptors (Lipinski definition) is 2. The van der Waals surface area contributed by atoms with Crippen molar-refractivity contribution < 1.29 is 27.1 Å². The van der Waals surface area contributed by atoms with Crippen LogP contribution >= 0.6 is 0 Å². The Morgan fingerprint density at radius 3 is 2.62 bits per heavy atom. The Morgan fingerprint density at radius 2 is 2.05 bits per heavy atom. The fraction of sp³-hybridized carbons (Fsp3) is 0.500. The lowest BCUT2D eigenvalue weighted by atomic mass is 9.95. The molecule has 1 aromatic carbocycles. The Kier molecular flexibility index (Phi) is 3.39. The largest absolute Gasteiger partial charge is 0.419 e. The van der Waals surface area contributed by atoms with Gasteiger partial charge in [0.1, 0.15) is 5.82 Å². The van der Waals surface area contributed by atoms with E-state index in [0.29, 0.717) is 18.6 Å². The number of alkyl halides is 3. The fourth-order valence-electron chi connectivity index (χ4n) is 2.93. The van der Waals surface area contributed by atoms with Gasteiger partial charge in [-0.05, 0) is 37.5 Å². The zero-order chi connectivity index (χ0) is 15.2. The molecule has 114 valence electrons. The molecule has 2 aliphatic rings. The highest BCUT2D eigenvalue weighted by atomic mass is 19.4. The highest BCUT2D eigenvalue weighted by Gasteiger charge is 2.41. The number of carbonyl (C=O) groups excluding carboxylic acids is 1. The Bertz CT molecular complexity index is 573. The summed E-state index contributed by atoms with van der Waals surface area (Å²) in [5.41, 5.74) is -1.63. The normalized spacial score (nSPS) is 27.9. The van der Waals surface area contributed by atoms with E-state index in [1.165, 1.54) is 0 Å². The van der Waals surface area contributed by atoms with Gasteiger partial charge in [0.05, 0.1) is 23.8 Å². The van der Waals surface area contributed by atoms with Crippen LogP contribution in [0, 0.1) is 5.82 Å². The van der Waals surface area contributed by atoms with E-state index >= 15 is 0 Å². The topological polar surface area (TPSA) is 38.3 Å². The predicted octanol–water partition coefficient (Wildman–Crippen LogP) is 2.89. The summed E-state index contributed by atoms with van der Waals surface area (Å²) in [5.74, 6) is -2.02. The van der Waals surface area contributed by atoms with E-state index in [1.54, 1.807) is 0 Å². The number of nitrogens with one attached hydrogen (secondary N) is 1. The maximum atomic E-state index is 13.2. The van der Waals surface area contributed by atoms with Crippen LogP contribution in [-0.2, 0) is 10.9 Å². The highest BCUT2D eigenvalue weighted by molar-refractivity contribution is 5.94. The fourth-order valence-corrected chi connectivity index (χ4v) is 2.93. The van der Waals surface area contributed by atoms with Gasteiger partial charge in [-0.1, -0.05) is 0 Å². The molecule has 3 atom stereocenters. The molecule has 2 fully saturated rings. The van der Waals surface area contributed by atoms with Gasteiger partial charge >= 0.3 is 6.18 Å². The Hall–Kier alpha value is -1.63. The lowest BCUT2D eigenvalue weighted by Gasteiger charge is -2.20. The van der Waals surface area contributed by atoms with E-state index < -0.39 is 23.5 Å². The summed E-state index contributed by atoms with van der Waals surface area (Å²) in [6, 6.07) is 2.07. The first kappa shape index (κ1) is 14.3. The van der Waals surface area contributed by atoms with Gasteiger partial charge in [-0.25, -0.2) is 4.39 Å². The molecule has 3 unspecified atom stereocenters. The van der Waals surface area contributed by atoms with Crippen molar-refractivity contribution in [3.63, 3.8) is 0 Å². The molecule has 0 spiro atoms. The van der Waals surface area contributed by atoms with Crippen molar-refractivity contribution in [2.75, 3.05) is 0 Å². The third-order valence-electron chi connectivity index (χ3n) is 3.96. The maximum Gasteiger partial charge on any atom is 0.419 e. The van der Waals surface area contributed by atoms with Gasteiger partial charge < -0.3 is 10.1 Å². The third-order valence-corrected chi connectivity index (χ3v) is 3.96. The molecule has 2 aliphatic heterocycles. The summed E-state index contributed by atoms with van der Waals surface area (Å²) in [6.45, 7) is 0. The summed E-state index contributed by atoms with van der Waals surface area (Å²) in [4.78, 5) is 12.0. The minimum Gasteiger partial charge on any atom is -0.373 e. The van der Waals surface area contributed by atoms with Gasteiger partial charge in [0.2, 0.25) is 0 Å². The summed E-state index contributed by atoms with van der Waals surface area (Å²) < 4.78 is 56.6. The van der Waals surface area contributed by atoms with E-state index in [1.807, 2.05) is 0 Å². The number of hydrogen-bond donors (Lipinski definition) is 1. The number of benzene rings is 1. The highest BCUT2D eigenvalue weighted by Crippen LogP contribution is 2.35. The van der Waals surface area contributed by atoms with Crippen molar-refractivity contribution >= 4 is 5.91 Å². The zero-order valence-electron chi connectivity index (χ0n) is 10.9. The van der Waals surface area contributed by atoms with Crippen molar-refractivity contribution in [2.24, 2.45) is 0 Å². The molecular weight excluding hydrogens is 290 g/mol. The van der Waals surface area contributed by atoms with Crippen LogP contribution in [-0.4, -0.2) is 24.2 Å². The monoisotopic (exact) mass is 303 g/mol. The van der Waals surface area contributed by atoms with Crippen LogP contribution in [0.5, 0.6) is 0 Å². The molecule has 0 radical (unpaired) electrons. The molecule has 1 amide bonds. The molecule has 0 aliphatic carbocycles. The van der Waals surface area contributed by atoms with Crippen LogP contribution < -0.4 is 5.32 Å². The van der Waals surface area contributed by atoms with Crippen molar-refractivity contribution in [1.29, 1.82) is 0 Å². The van der Waals surface area contributed by atoms with Crippen molar-refractivity contribution in [2.45, 2.75) is 43.7 Å². The molecule has 0 saturated carbocycles. The third kappa shape index (κ3) is 2.74. The number of fused-ring (bicyclic) bond motifs is 2. The van der Waals surface area contributed by atoms with Gasteiger partial charge in [-0.15, -0.1) is 0 Å². The van der Waals surface area contributed by atoms with Gasteiger partial charge in [-0.2, -0.15) is 13.2 Å². The quantitative estimate of drug-likeness (QED) is 0.853. The van der Waals surface area contributed by atoms with Gasteiger partial charge in [0.25, 0.3) is 5.91 Å². The second-order valence-electron chi connectivity index (χ2n) is 5.38. The second-order valence-corrected chi connectivity index (χ2v) is 5.38. The molecular formula is C14H13F4NO2. The second kappa shape index (κ2) is 4.98. The van der Waals surface area contributed by atoms with E-state index in [0.717, 1.165) is 18.9 Å². The summed E-state index contributed by atoms with van der Waals surface area (Å²) in [5, 5.41) is 2.67. The zero-order valence-corrected chi connectivity index (χ0v) is 10.9. The summed E-state index contributed by atoms with van der Waals surface area (Å²) >= 11 is 0. The lowest BCUT2D eigenvalue weighted by molar-refractivity contribution is -0.140. The van der Waals surface area contributed by atoms with Crippen LogP contribution in [0.15, 0.2) is 18.2 Å². The molecule has 3 rings (SSSR count). The maximum absolute atomic E-state index is 13.2. The summed E-state index contributed by atoms with van der Waals surface area (Å²) in [7, 11) is 0. The number of amides is 1. The van der Waals surface area contributed by atoms with Crippen LogP contribution in [0.3, 0.4) is 0 Å². The Morgan fingerprint density at radius 1 is 1.29 bits per heavy atom. The Labute approximate surface area is 118 Å². The first-order valence-corrected chi connectivity index (χ1v) is 6.67. The molecule has 2 heterocycles. The van der Waals surface area contributed by atoms with Crippen LogP contribution in [0.25, 0.3) is 0 Å². The van der Waals surface area contributed by atoms with Crippen molar-refractivity contribution in [3.8, 4) is 0 Å². The van der Waals surface area contributed by atoms with Crippen LogP contribution in [0.1, 0.15) is 35.2 Å². The first-order chi connectivity index (χ1) is 9.84. The van der Waals surface area contributed by atoms with Crippen LogP contribution in [0.2, 0.25) is 0 Å². The van der Waals surface area contributed by atoms with E-state index in [9.17, 15) is 22.4 Å². The Balaban J connectivity index is 1.76. The molecule has 7 heteroatoms. The molecule has 2 bridgehead atoms. The number of ether oxygens (including phenoxy) is 1. The van der Waals surface area contributed by atoms with Crippen molar-refractivity contribution in [3.05, 3.63) is 35.1 Å². The van der Waals surface area contributed by atoms with E-state index in [-0.39, 0.29) is 23.8 Å². The van der Waals surface area contributed by atoms with Gasteiger partial charge in [0.15, 0.2) is 0 Å². The first-order valence-electron chi connectivity index (χ1n) is 6.67. The van der Waals surface area contributed by atoms with Crippen molar-refractivity contribution in [1.82, 2.24) is 5.32 Å². The molecule has 3 nitrogen and oxygen atoms in total. The molecule has 1 N–H and O–H groups in total. The average Bonchev–Trinajstić information content (AvgIpc) is 3.00. The number of halogens is 4. The smallest absolute Gasteiger partial charge is 0.373 e. The molecule has 1 aromatic rings. The standard InChI is InChI=1S/C14H13F4NO2/c15-10-3-1-7(5-9(10)14(16,17)18)13(20)19-11-6-8-2-4-12(11)21-8/h1,3,5,8,11-12H,2,4,6H2,(H,19,20). The minimum absolute atomic E-state index is 0.0681. The van der Waals surface area contributed by atoms with E-state index in [2.05, 4.69) is 5.32 Å². The lowest BCUT2D eigenvalue weighted by Crippen LogP contribution is -2.41. The SMILES string of the molecule is O=C(NC1CC2CCC1O2)c1ccc(F)c(C(F)(F)F)c1. The van der Waals surface area contributed by atoms with Gasteiger partial charge in [-0.3, -0.25) is 4.79 Å². The number of carbonyl (C=O) groups is 1. The number of rotatable bonds is 2. The average molecular weight is 303 g/mol. The molecule has 21 heavy (non-hydrogen) atoms. The summed E-state index contributed by atoms with van der Waals surface area (Å²) in [6.07, 6.45) is -2.31. The van der Waals surface area contributed by atoms with Crippen LogP contribution in [0.4, 0.5) is 17.6 Å². The molecule has 0 aromatic heterocycles. The predicted molar refractivity (Wildman–Crippen MR) is 65.2 cm³/mol.